The van der Waals surface area contributed by atoms with Crippen LogP contribution in [0, 0.1) is 5.41 Å². The summed E-state index contributed by atoms with van der Waals surface area (Å²) in [6.45, 7) is 3.80. The Bertz CT molecular complexity index is 490. The molecule has 1 saturated carbocycles. The predicted octanol–water partition coefficient (Wildman–Crippen LogP) is 1.96. The van der Waals surface area contributed by atoms with Gasteiger partial charge in [0, 0.05) is 18.8 Å². The molecule has 0 atom stereocenters. The molecule has 1 saturated heterocycles. The maximum absolute atomic E-state index is 12.2. The summed E-state index contributed by atoms with van der Waals surface area (Å²) >= 11 is 0. The molecule has 4 nitrogen and oxygen atoms in total. The molecule has 1 amide bonds. The highest BCUT2D eigenvalue weighted by Gasteiger charge is 2.48. The van der Waals surface area contributed by atoms with E-state index in [9.17, 15) is 4.79 Å². The predicted molar refractivity (Wildman–Crippen MR) is 80.3 cm³/mol. The molecule has 108 valence electrons. The Balaban J connectivity index is 1.63. The third kappa shape index (κ3) is 2.86. The highest BCUT2D eigenvalue weighted by atomic mass is 16.2. The number of nitrogens with two attached hydrogens (primary N) is 1. The molecule has 0 aromatic heterocycles. The zero-order chi connectivity index (χ0) is 14.0. The lowest BCUT2D eigenvalue weighted by atomic mass is 10.1. The van der Waals surface area contributed by atoms with Crippen LogP contribution in [0.15, 0.2) is 24.3 Å². The second-order valence-electron chi connectivity index (χ2n) is 6.12. The van der Waals surface area contributed by atoms with Gasteiger partial charge in [-0.05, 0) is 56.5 Å². The molecule has 0 radical (unpaired) electrons. The molecule has 0 spiro atoms. The van der Waals surface area contributed by atoms with Crippen molar-refractivity contribution in [3.05, 3.63) is 29.8 Å². The molecule has 1 heterocycles. The van der Waals surface area contributed by atoms with E-state index in [0.29, 0.717) is 6.54 Å². The Kier molecular flexibility index (Phi) is 3.76. The molecule has 0 bridgehead atoms. The smallest absolute Gasteiger partial charge is 0.231 e. The highest BCUT2D eigenvalue weighted by Crippen LogP contribution is 2.45. The zero-order valence-corrected chi connectivity index (χ0v) is 11.9. The summed E-state index contributed by atoms with van der Waals surface area (Å²) in [5.41, 5.74) is 7.57. The first-order valence-electron chi connectivity index (χ1n) is 7.55. The largest absolute Gasteiger partial charge is 0.329 e. The van der Waals surface area contributed by atoms with Crippen LogP contribution in [0.25, 0.3) is 0 Å². The number of anilines is 1. The first-order valence-corrected chi connectivity index (χ1v) is 7.55. The fraction of sp³-hybridized carbons (Fsp3) is 0.562. The van der Waals surface area contributed by atoms with E-state index in [1.807, 2.05) is 12.1 Å². The summed E-state index contributed by atoms with van der Waals surface area (Å²) in [6.07, 6.45) is 4.44. The Morgan fingerprint density at radius 1 is 1.30 bits per heavy atom. The summed E-state index contributed by atoms with van der Waals surface area (Å²) in [6, 6.07) is 8.19. The molecule has 1 aromatic carbocycles. The first-order chi connectivity index (χ1) is 9.72. The van der Waals surface area contributed by atoms with Crippen LogP contribution >= 0.6 is 0 Å². The number of benzene rings is 1. The van der Waals surface area contributed by atoms with Crippen molar-refractivity contribution < 1.29 is 4.79 Å². The number of nitrogens with one attached hydrogen (secondary N) is 1. The molecule has 3 N–H and O–H groups in total. The topological polar surface area (TPSA) is 58.4 Å². The fourth-order valence-corrected chi connectivity index (χ4v) is 2.88. The Labute approximate surface area is 120 Å². The molecular weight excluding hydrogens is 250 g/mol. The van der Waals surface area contributed by atoms with Crippen molar-refractivity contribution in [2.75, 3.05) is 25.0 Å². The van der Waals surface area contributed by atoms with E-state index in [1.54, 1.807) is 0 Å². The van der Waals surface area contributed by atoms with Crippen LogP contribution in [0.4, 0.5) is 5.69 Å². The third-order valence-electron chi connectivity index (χ3n) is 4.52. The van der Waals surface area contributed by atoms with Gasteiger partial charge >= 0.3 is 0 Å². The van der Waals surface area contributed by atoms with Crippen LogP contribution in [0.3, 0.4) is 0 Å². The van der Waals surface area contributed by atoms with E-state index in [-0.39, 0.29) is 11.3 Å². The van der Waals surface area contributed by atoms with Crippen molar-refractivity contribution in [2.45, 2.75) is 32.2 Å². The van der Waals surface area contributed by atoms with Gasteiger partial charge in [0.05, 0.1) is 5.41 Å². The zero-order valence-electron chi connectivity index (χ0n) is 11.9. The lowest BCUT2D eigenvalue weighted by molar-refractivity contribution is -0.120. The number of amides is 1. The van der Waals surface area contributed by atoms with Crippen molar-refractivity contribution in [3.63, 3.8) is 0 Å². The number of likely N-dealkylation sites (tertiary alicyclic amines) is 1. The van der Waals surface area contributed by atoms with Crippen molar-refractivity contribution in [1.29, 1.82) is 0 Å². The molecule has 1 aliphatic carbocycles. The maximum Gasteiger partial charge on any atom is 0.231 e. The van der Waals surface area contributed by atoms with Gasteiger partial charge < -0.3 is 11.1 Å². The minimum atomic E-state index is -0.287. The van der Waals surface area contributed by atoms with Crippen molar-refractivity contribution in [3.8, 4) is 0 Å². The molecule has 1 aromatic rings. The molecule has 2 aliphatic rings. The normalized spacial score (nSPS) is 20.9. The van der Waals surface area contributed by atoms with Crippen LogP contribution in [0.1, 0.15) is 31.2 Å². The van der Waals surface area contributed by atoms with E-state index in [2.05, 4.69) is 22.3 Å². The van der Waals surface area contributed by atoms with Crippen LogP contribution in [0.5, 0.6) is 0 Å². The van der Waals surface area contributed by atoms with Crippen LogP contribution in [0.2, 0.25) is 0 Å². The lowest BCUT2D eigenvalue weighted by Crippen LogP contribution is -2.30. The average Bonchev–Trinajstić information content (AvgIpc) is 3.11. The van der Waals surface area contributed by atoms with Gasteiger partial charge in [0.25, 0.3) is 0 Å². The molecule has 2 fully saturated rings. The molecule has 3 rings (SSSR count). The second-order valence-corrected chi connectivity index (χ2v) is 6.12. The second kappa shape index (κ2) is 5.54. The van der Waals surface area contributed by atoms with Crippen molar-refractivity contribution in [2.24, 2.45) is 11.1 Å². The Morgan fingerprint density at radius 2 is 2.05 bits per heavy atom. The minimum absolute atomic E-state index is 0.0818. The maximum atomic E-state index is 12.2. The molecule has 4 heteroatoms. The standard InChI is InChI=1S/C16H23N3O/c17-12-16(6-7-16)15(20)18-14-5-3-4-13(10-14)11-19-8-1-2-9-19/h3-5,10H,1-2,6-9,11-12,17H2,(H,18,20). The van der Waals surface area contributed by atoms with E-state index in [4.69, 9.17) is 5.73 Å². The summed E-state index contributed by atoms with van der Waals surface area (Å²) in [7, 11) is 0. The Morgan fingerprint density at radius 3 is 2.70 bits per heavy atom. The summed E-state index contributed by atoms with van der Waals surface area (Å²) in [5.74, 6) is 0.0818. The molecular formula is C16H23N3O. The van der Waals surface area contributed by atoms with Gasteiger partial charge in [-0.3, -0.25) is 9.69 Å². The summed E-state index contributed by atoms with van der Waals surface area (Å²) in [4.78, 5) is 14.6. The van der Waals surface area contributed by atoms with Crippen molar-refractivity contribution in [1.82, 2.24) is 4.90 Å². The van der Waals surface area contributed by atoms with Gasteiger partial charge in [-0.25, -0.2) is 0 Å². The number of carbonyl (C=O) groups is 1. The van der Waals surface area contributed by atoms with Crippen LogP contribution < -0.4 is 11.1 Å². The van der Waals surface area contributed by atoms with Crippen LogP contribution in [-0.2, 0) is 11.3 Å². The fourth-order valence-electron chi connectivity index (χ4n) is 2.88. The summed E-state index contributed by atoms with van der Waals surface area (Å²) < 4.78 is 0. The highest BCUT2D eigenvalue weighted by molar-refractivity contribution is 5.97. The molecule has 1 aliphatic heterocycles. The number of rotatable bonds is 5. The molecule has 20 heavy (non-hydrogen) atoms. The van der Waals surface area contributed by atoms with E-state index >= 15 is 0 Å². The number of nitrogens with zero attached hydrogens (tertiary/aromatic N) is 1. The first kappa shape index (κ1) is 13.6. The average molecular weight is 273 g/mol. The van der Waals surface area contributed by atoms with Gasteiger partial charge in [-0.2, -0.15) is 0 Å². The monoisotopic (exact) mass is 273 g/mol. The quantitative estimate of drug-likeness (QED) is 0.862. The van der Waals surface area contributed by atoms with Gasteiger partial charge in [0.2, 0.25) is 5.91 Å². The third-order valence-corrected chi connectivity index (χ3v) is 4.52. The van der Waals surface area contributed by atoms with Gasteiger partial charge in [0.15, 0.2) is 0 Å². The van der Waals surface area contributed by atoms with Crippen molar-refractivity contribution >= 4 is 11.6 Å². The van der Waals surface area contributed by atoms with Gasteiger partial charge in [0.1, 0.15) is 0 Å². The lowest BCUT2D eigenvalue weighted by Gasteiger charge is -2.16. The molecule has 0 unspecified atom stereocenters. The van der Waals surface area contributed by atoms with E-state index in [1.165, 1.54) is 31.5 Å². The number of hydrogen-bond donors (Lipinski definition) is 2. The van der Waals surface area contributed by atoms with Crippen LogP contribution in [-0.4, -0.2) is 30.4 Å². The van der Waals surface area contributed by atoms with Gasteiger partial charge in [-0.1, -0.05) is 12.1 Å². The Hall–Kier alpha value is -1.39. The SMILES string of the molecule is NCC1(C(=O)Nc2cccc(CN3CCCC3)c2)CC1. The minimum Gasteiger partial charge on any atom is -0.329 e. The summed E-state index contributed by atoms with van der Waals surface area (Å²) in [5, 5.41) is 3.02. The van der Waals surface area contributed by atoms with Gasteiger partial charge in [-0.15, -0.1) is 0 Å². The number of carbonyl (C=O) groups excluding carboxylic acids is 1. The van der Waals surface area contributed by atoms with E-state index < -0.39 is 0 Å². The van der Waals surface area contributed by atoms with E-state index in [0.717, 1.165) is 25.1 Å². The number of hydrogen-bond acceptors (Lipinski definition) is 3.